The molecule has 142 valence electrons. The third-order valence-electron chi connectivity index (χ3n) is 4.72. The van der Waals surface area contributed by atoms with Gasteiger partial charge in [-0.3, -0.25) is 4.79 Å². The first-order chi connectivity index (χ1) is 13.0. The summed E-state index contributed by atoms with van der Waals surface area (Å²) in [6, 6.07) is 3.94. The van der Waals surface area contributed by atoms with Crippen molar-refractivity contribution in [3.63, 3.8) is 0 Å². The largest absolute Gasteiger partial charge is 0.493 e. The molecule has 3 heterocycles. The fourth-order valence-electron chi connectivity index (χ4n) is 3.27. The maximum Gasteiger partial charge on any atom is 0.285 e. The first kappa shape index (κ1) is 17.7. The van der Waals surface area contributed by atoms with Crippen LogP contribution in [0.2, 0.25) is 0 Å². The SMILES string of the molecule is COc1cc2c(cc1OC)CN(C(=O)c1nn3c(C(C)C)nnc3s1)CC2. The smallest absolute Gasteiger partial charge is 0.285 e. The molecule has 1 amide bonds. The Morgan fingerprint density at radius 3 is 2.52 bits per heavy atom. The number of aromatic nitrogens is 4. The quantitative estimate of drug-likeness (QED) is 0.684. The Balaban J connectivity index is 1.61. The normalized spacial score (nSPS) is 13.9. The first-order valence-corrected chi connectivity index (χ1v) is 9.58. The Kier molecular flexibility index (Phi) is 4.47. The highest BCUT2D eigenvalue weighted by atomic mass is 32.1. The van der Waals surface area contributed by atoms with Crippen molar-refractivity contribution in [3.8, 4) is 11.5 Å². The molecule has 0 bridgehead atoms. The second-order valence-corrected chi connectivity index (χ2v) is 7.72. The minimum absolute atomic E-state index is 0.0827. The molecule has 1 aliphatic heterocycles. The predicted molar refractivity (Wildman–Crippen MR) is 101 cm³/mol. The molecule has 9 heteroatoms. The van der Waals surface area contributed by atoms with Crippen LogP contribution in [0.25, 0.3) is 4.96 Å². The van der Waals surface area contributed by atoms with Crippen molar-refractivity contribution in [2.24, 2.45) is 0 Å². The second-order valence-electron chi connectivity index (χ2n) is 6.77. The van der Waals surface area contributed by atoms with Crippen LogP contribution in [0.5, 0.6) is 11.5 Å². The third kappa shape index (κ3) is 3.01. The van der Waals surface area contributed by atoms with E-state index in [0.29, 0.717) is 34.6 Å². The number of benzene rings is 1. The van der Waals surface area contributed by atoms with E-state index in [9.17, 15) is 4.79 Å². The number of fused-ring (bicyclic) bond motifs is 2. The molecule has 0 saturated heterocycles. The number of ether oxygens (including phenoxy) is 2. The molecule has 27 heavy (non-hydrogen) atoms. The maximum absolute atomic E-state index is 13.0. The van der Waals surface area contributed by atoms with Gasteiger partial charge in [0.1, 0.15) is 0 Å². The lowest BCUT2D eigenvalue weighted by Crippen LogP contribution is -2.36. The number of methoxy groups -OCH3 is 2. The number of carbonyl (C=O) groups is 1. The van der Waals surface area contributed by atoms with Crippen LogP contribution in [0.4, 0.5) is 0 Å². The molecule has 0 unspecified atom stereocenters. The van der Waals surface area contributed by atoms with Gasteiger partial charge < -0.3 is 14.4 Å². The lowest BCUT2D eigenvalue weighted by molar-refractivity contribution is 0.0732. The van der Waals surface area contributed by atoms with Gasteiger partial charge in [-0.15, -0.1) is 15.3 Å². The molecular weight excluding hydrogens is 366 g/mol. The second kappa shape index (κ2) is 6.80. The van der Waals surface area contributed by atoms with Crippen LogP contribution in [0, 0.1) is 0 Å². The van der Waals surface area contributed by atoms with Gasteiger partial charge in [0, 0.05) is 19.0 Å². The molecule has 0 aliphatic carbocycles. The molecule has 0 radical (unpaired) electrons. The fraction of sp³-hybridized carbons (Fsp3) is 0.444. The van der Waals surface area contributed by atoms with Gasteiger partial charge in [-0.2, -0.15) is 4.52 Å². The topological polar surface area (TPSA) is 81.9 Å². The van der Waals surface area contributed by atoms with E-state index >= 15 is 0 Å². The summed E-state index contributed by atoms with van der Waals surface area (Å²) >= 11 is 1.27. The fourth-order valence-corrected chi connectivity index (χ4v) is 4.08. The number of carbonyl (C=O) groups excluding carboxylic acids is 1. The van der Waals surface area contributed by atoms with Gasteiger partial charge in [0.2, 0.25) is 9.97 Å². The summed E-state index contributed by atoms with van der Waals surface area (Å²) in [7, 11) is 3.24. The van der Waals surface area contributed by atoms with E-state index in [0.717, 1.165) is 17.8 Å². The zero-order chi connectivity index (χ0) is 19.1. The Bertz CT molecular complexity index is 1010. The van der Waals surface area contributed by atoms with E-state index in [1.807, 2.05) is 30.9 Å². The Morgan fingerprint density at radius 1 is 1.15 bits per heavy atom. The van der Waals surface area contributed by atoms with E-state index in [1.165, 1.54) is 16.9 Å². The number of hydrogen-bond acceptors (Lipinski definition) is 7. The molecule has 0 N–H and O–H groups in total. The molecule has 1 aromatic carbocycles. The molecule has 0 saturated carbocycles. The van der Waals surface area contributed by atoms with Crippen LogP contribution >= 0.6 is 11.3 Å². The molecule has 0 spiro atoms. The highest BCUT2D eigenvalue weighted by Gasteiger charge is 2.27. The average Bonchev–Trinajstić information content (AvgIpc) is 3.26. The zero-order valence-electron chi connectivity index (χ0n) is 15.7. The average molecular weight is 387 g/mol. The number of hydrogen-bond donors (Lipinski definition) is 0. The molecule has 4 rings (SSSR count). The Morgan fingerprint density at radius 2 is 1.85 bits per heavy atom. The summed E-state index contributed by atoms with van der Waals surface area (Å²) in [6.07, 6.45) is 0.767. The standard InChI is InChI=1S/C18H21N5O3S/c1-10(2)15-19-20-18-23(15)21-16(27-18)17(24)22-6-5-11-7-13(25-3)14(26-4)8-12(11)9-22/h7-8,10H,5-6,9H2,1-4H3. The van der Waals surface area contributed by atoms with Gasteiger partial charge in [-0.05, 0) is 29.7 Å². The van der Waals surface area contributed by atoms with Crippen LogP contribution in [-0.2, 0) is 13.0 Å². The molecule has 0 fully saturated rings. The van der Waals surface area contributed by atoms with Gasteiger partial charge in [0.25, 0.3) is 5.91 Å². The van der Waals surface area contributed by atoms with Crippen molar-refractivity contribution < 1.29 is 14.3 Å². The van der Waals surface area contributed by atoms with Crippen LogP contribution in [-0.4, -0.2) is 51.4 Å². The molecular formula is C18H21N5O3S. The lowest BCUT2D eigenvalue weighted by Gasteiger charge is -2.28. The van der Waals surface area contributed by atoms with Crippen molar-refractivity contribution in [3.05, 3.63) is 34.1 Å². The Hall–Kier alpha value is -2.68. The van der Waals surface area contributed by atoms with E-state index in [4.69, 9.17) is 9.47 Å². The first-order valence-electron chi connectivity index (χ1n) is 8.77. The molecule has 0 atom stereocenters. The highest BCUT2D eigenvalue weighted by Crippen LogP contribution is 2.33. The van der Waals surface area contributed by atoms with E-state index in [2.05, 4.69) is 15.3 Å². The summed E-state index contributed by atoms with van der Waals surface area (Å²) in [5.74, 6) is 2.26. The van der Waals surface area contributed by atoms with Crippen molar-refractivity contribution in [1.29, 1.82) is 0 Å². The number of amides is 1. The van der Waals surface area contributed by atoms with Gasteiger partial charge in [0.15, 0.2) is 17.3 Å². The highest BCUT2D eigenvalue weighted by molar-refractivity contribution is 7.18. The maximum atomic E-state index is 13.0. The summed E-state index contributed by atoms with van der Waals surface area (Å²) in [5.41, 5.74) is 2.25. The molecule has 3 aromatic rings. The van der Waals surface area contributed by atoms with Crippen molar-refractivity contribution >= 4 is 22.2 Å². The lowest BCUT2D eigenvalue weighted by atomic mass is 9.99. The predicted octanol–water partition coefficient (Wildman–Crippen LogP) is 2.52. The Labute approximate surface area is 160 Å². The van der Waals surface area contributed by atoms with Crippen LogP contribution in [0.1, 0.15) is 46.5 Å². The summed E-state index contributed by atoms with van der Waals surface area (Å²) < 4.78 is 12.4. The van der Waals surface area contributed by atoms with Crippen molar-refractivity contribution in [2.75, 3.05) is 20.8 Å². The molecule has 2 aromatic heterocycles. The number of rotatable bonds is 4. The van der Waals surface area contributed by atoms with E-state index < -0.39 is 0 Å². The minimum atomic E-state index is -0.0827. The van der Waals surface area contributed by atoms with Gasteiger partial charge in [-0.25, -0.2) is 0 Å². The van der Waals surface area contributed by atoms with E-state index in [-0.39, 0.29) is 11.8 Å². The zero-order valence-corrected chi connectivity index (χ0v) is 16.5. The van der Waals surface area contributed by atoms with E-state index in [1.54, 1.807) is 18.7 Å². The minimum Gasteiger partial charge on any atom is -0.493 e. The summed E-state index contributed by atoms with van der Waals surface area (Å²) in [4.78, 5) is 15.5. The summed E-state index contributed by atoms with van der Waals surface area (Å²) in [6.45, 7) is 5.21. The van der Waals surface area contributed by atoms with Crippen molar-refractivity contribution in [2.45, 2.75) is 32.7 Å². The van der Waals surface area contributed by atoms with Crippen molar-refractivity contribution in [1.82, 2.24) is 24.7 Å². The molecule has 1 aliphatic rings. The van der Waals surface area contributed by atoms with Gasteiger partial charge in [-0.1, -0.05) is 25.2 Å². The van der Waals surface area contributed by atoms with Crippen LogP contribution in [0.3, 0.4) is 0 Å². The molecule has 8 nitrogen and oxygen atoms in total. The summed E-state index contributed by atoms with van der Waals surface area (Å²) in [5, 5.41) is 13.2. The third-order valence-corrected chi connectivity index (χ3v) is 5.61. The van der Waals surface area contributed by atoms with Crippen LogP contribution in [0.15, 0.2) is 12.1 Å². The monoisotopic (exact) mass is 387 g/mol. The number of nitrogens with zero attached hydrogens (tertiary/aromatic N) is 5. The van der Waals surface area contributed by atoms with Gasteiger partial charge >= 0.3 is 0 Å². The van der Waals surface area contributed by atoms with Crippen LogP contribution < -0.4 is 9.47 Å². The van der Waals surface area contributed by atoms with Gasteiger partial charge in [0.05, 0.1) is 14.2 Å².